The van der Waals surface area contributed by atoms with Gasteiger partial charge in [-0.25, -0.2) is 0 Å². The Morgan fingerprint density at radius 2 is 2.31 bits per heavy atom. The Kier molecular flexibility index (Phi) is 2.58. The Morgan fingerprint density at radius 1 is 1.56 bits per heavy atom. The largest absolute Gasteiger partial charge is 0.397 e. The van der Waals surface area contributed by atoms with Gasteiger partial charge in [0.25, 0.3) is 5.91 Å². The second-order valence-corrected chi connectivity index (χ2v) is 4.84. The summed E-state index contributed by atoms with van der Waals surface area (Å²) < 4.78 is 0. The van der Waals surface area contributed by atoms with Crippen LogP contribution in [0.4, 0.5) is 5.69 Å². The monoisotopic (exact) mass is 219 g/mol. The molecule has 0 bridgehead atoms. The molecule has 2 heterocycles. The third kappa shape index (κ3) is 1.75. The highest BCUT2D eigenvalue weighted by atomic mass is 16.2. The summed E-state index contributed by atoms with van der Waals surface area (Å²) in [6.07, 6.45) is 5.23. The molecule has 86 valence electrons. The van der Waals surface area contributed by atoms with E-state index in [2.05, 4.69) is 18.8 Å². The molecule has 0 spiro atoms. The smallest absolute Gasteiger partial charge is 0.256 e. The number of nitrogens with zero attached hydrogens (tertiary/aromatic N) is 2. The van der Waals surface area contributed by atoms with E-state index >= 15 is 0 Å². The van der Waals surface area contributed by atoms with Crippen LogP contribution in [0, 0.1) is 0 Å². The summed E-state index contributed by atoms with van der Waals surface area (Å²) in [7, 11) is 0. The minimum Gasteiger partial charge on any atom is -0.397 e. The minimum absolute atomic E-state index is 0.0161. The first-order valence-corrected chi connectivity index (χ1v) is 5.54. The summed E-state index contributed by atoms with van der Waals surface area (Å²) in [5.41, 5.74) is 6.72. The van der Waals surface area contributed by atoms with Crippen molar-refractivity contribution in [2.75, 3.05) is 12.3 Å². The number of hydrogen-bond donors (Lipinski definition) is 1. The van der Waals surface area contributed by atoms with Crippen molar-refractivity contribution in [3.8, 4) is 0 Å². The highest BCUT2D eigenvalue weighted by Gasteiger charge is 2.36. The predicted molar refractivity (Wildman–Crippen MR) is 63.0 cm³/mol. The van der Waals surface area contributed by atoms with E-state index < -0.39 is 0 Å². The van der Waals surface area contributed by atoms with Crippen molar-refractivity contribution >= 4 is 11.6 Å². The zero-order chi connectivity index (χ0) is 11.8. The number of hydrogen-bond acceptors (Lipinski definition) is 3. The lowest BCUT2D eigenvalue weighted by Crippen LogP contribution is -2.42. The standard InChI is InChI=1S/C12H17N3O/c1-12(2)5-3-7-15(12)11(16)9-4-6-14-8-10(9)13/h4,6,8H,3,5,7,13H2,1-2H3. The lowest BCUT2D eigenvalue weighted by molar-refractivity contribution is 0.0653. The molecule has 1 aromatic heterocycles. The Balaban J connectivity index is 2.30. The average molecular weight is 219 g/mol. The Bertz CT molecular complexity index is 414. The maximum atomic E-state index is 12.3. The second kappa shape index (κ2) is 3.77. The van der Waals surface area contributed by atoms with Gasteiger partial charge < -0.3 is 10.6 Å². The van der Waals surface area contributed by atoms with Crippen molar-refractivity contribution in [3.05, 3.63) is 24.0 Å². The fourth-order valence-corrected chi connectivity index (χ4v) is 2.23. The van der Waals surface area contributed by atoms with E-state index in [0.29, 0.717) is 11.3 Å². The van der Waals surface area contributed by atoms with Gasteiger partial charge in [-0.3, -0.25) is 9.78 Å². The predicted octanol–water partition coefficient (Wildman–Crippen LogP) is 1.68. The van der Waals surface area contributed by atoms with Crippen LogP contribution in [0.5, 0.6) is 0 Å². The van der Waals surface area contributed by atoms with Crippen molar-refractivity contribution in [1.82, 2.24) is 9.88 Å². The van der Waals surface area contributed by atoms with E-state index in [9.17, 15) is 4.79 Å². The van der Waals surface area contributed by atoms with Gasteiger partial charge in [-0.1, -0.05) is 0 Å². The van der Waals surface area contributed by atoms with Gasteiger partial charge in [-0.2, -0.15) is 0 Å². The number of anilines is 1. The third-order valence-corrected chi connectivity index (χ3v) is 3.23. The zero-order valence-corrected chi connectivity index (χ0v) is 9.73. The summed E-state index contributed by atoms with van der Waals surface area (Å²) in [5.74, 6) is 0.0161. The van der Waals surface area contributed by atoms with Crippen molar-refractivity contribution in [3.63, 3.8) is 0 Å². The number of aromatic nitrogens is 1. The molecule has 4 nitrogen and oxygen atoms in total. The van der Waals surface area contributed by atoms with Gasteiger partial charge in [-0.05, 0) is 32.8 Å². The molecule has 2 rings (SSSR count). The molecule has 1 saturated heterocycles. The number of carbonyl (C=O) groups is 1. The summed E-state index contributed by atoms with van der Waals surface area (Å²) in [5, 5.41) is 0. The lowest BCUT2D eigenvalue weighted by atomic mass is 10.0. The van der Waals surface area contributed by atoms with Crippen LogP contribution >= 0.6 is 0 Å². The van der Waals surface area contributed by atoms with Crippen LogP contribution in [0.3, 0.4) is 0 Å². The van der Waals surface area contributed by atoms with E-state index in [0.717, 1.165) is 19.4 Å². The molecule has 1 aliphatic rings. The fourth-order valence-electron chi connectivity index (χ4n) is 2.23. The molecular formula is C12H17N3O. The van der Waals surface area contributed by atoms with Crippen LogP contribution < -0.4 is 5.73 Å². The van der Waals surface area contributed by atoms with Gasteiger partial charge in [0.1, 0.15) is 0 Å². The molecule has 1 aliphatic heterocycles. The first kappa shape index (κ1) is 10.9. The number of pyridine rings is 1. The zero-order valence-electron chi connectivity index (χ0n) is 9.73. The number of likely N-dealkylation sites (tertiary alicyclic amines) is 1. The molecule has 0 aliphatic carbocycles. The van der Waals surface area contributed by atoms with E-state index in [-0.39, 0.29) is 11.4 Å². The maximum Gasteiger partial charge on any atom is 0.256 e. The van der Waals surface area contributed by atoms with Gasteiger partial charge in [0.15, 0.2) is 0 Å². The minimum atomic E-state index is -0.0627. The molecule has 1 amide bonds. The molecular weight excluding hydrogens is 202 g/mol. The highest BCUT2D eigenvalue weighted by Crippen LogP contribution is 2.30. The van der Waals surface area contributed by atoms with Gasteiger partial charge in [0, 0.05) is 18.3 Å². The Morgan fingerprint density at radius 3 is 2.88 bits per heavy atom. The van der Waals surface area contributed by atoms with Gasteiger partial charge in [0.2, 0.25) is 0 Å². The van der Waals surface area contributed by atoms with Crippen LogP contribution in [-0.2, 0) is 0 Å². The van der Waals surface area contributed by atoms with E-state index in [1.165, 1.54) is 6.20 Å². The summed E-state index contributed by atoms with van der Waals surface area (Å²) in [6, 6.07) is 1.69. The molecule has 1 fully saturated rings. The van der Waals surface area contributed by atoms with Crippen molar-refractivity contribution < 1.29 is 4.79 Å². The molecule has 0 radical (unpaired) electrons. The highest BCUT2D eigenvalue weighted by molar-refractivity contribution is 5.99. The van der Waals surface area contributed by atoms with Crippen LogP contribution in [0.15, 0.2) is 18.5 Å². The van der Waals surface area contributed by atoms with Gasteiger partial charge in [0.05, 0.1) is 17.4 Å². The first-order chi connectivity index (χ1) is 7.52. The second-order valence-electron chi connectivity index (χ2n) is 4.84. The molecule has 0 saturated carbocycles. The van der Waals surface area contributed by atoms with Crippen LogP contribution in [0.2, 0.25) is 0 Å². The molecule has 0 atom stereocenters. The number of amides is 1. The normalized spacial score (nSPS) is 18.8. The SMILES string of the molecule is CC1(C)CCCN1C(=O)c1ccncc1N. The molecule has 16 heavy (non-hydrogen) atoms. The quantitative estimate of drug-likeness (QED) is 0.781. The third-order valence-electron chi connectivity index (χ3n) is 3.23. The van der Waals surface area contributed by atoms with Crippen molar-refractivity contribution in [2.24, 2.45) is 0 Å². The first-order valence-electron chi connectivity index (χ1n) is 5.54. The lowest BCUT2D eigenvalue weighted by Gasteiger charge is -2.31. The van der Waals surface area contributed by atoms with E-state index in [1.54, 1.807) is 12.3 Å². The Labute approximate surface area is 95.5 Å². The molecule has 1 aromatic rings. The summed E-state index contributed by atoms with van der Waals surface area (Å²) in [6.45, 7) is 5.00. The number of rotatable bonds is 1. The number of nitrogens with two attached hydrogens (primary N) is 1. The van der Waals surface area contributed by atoms with Crippen LogP contribution in [0.25, 0.3) is 0 Å². The number of carbonyl (C=O) groups excluding carboxylic acids is 1. The molecule has 4 heteroatoms. The average Bonchev–Trinajstić information content (AvgIpc) is 2.58. The maximum absolute atomic E-state index is 12.3. The van der Waals surface area contributed by atoms with Gasteiger partial charge in [-0.15, -0.1) is 0 Å². The fraction of sp³-hybridized carbons (Fsp3) is 0.500. The molecule has 0 unspecified atom stereocenters. The van der Waals surface area contributed by atoms with Crippen molar-refractivity contribution in [1.29, 1.82) is 0 Å². The molecule has 0 aromatic carbocycles. The summed E-state index contributed by atoms with van der Waals surface area (Å²) in [4.78, 5) is 18.1. The number of nitrogen functional groups attached to an aromatic ring is 1. The van der Waals surface area contributed by atoms with E-state index in [1.807, 2.05) is 4.90 Å². The topological polar surface area (TPSA) is 59.2 Å². The molecule has 2 N–H and O–H groups in total. The van der Waals surface area contributed by atoms with Crippen LogP contribution in [0.1, 0.15) is 37.0 Å². The summed E-state index contributed by atoms with van der Waals surface area (Å²) >= 11 is 0. The van der Waals surface area contributed by atoms with Crippen molar-refractivity contribution in [2.45, 2.75) is 32.2 Å². The van der Waals surface area contributed by atoms with Crippen LogP contribution in [-0.4, -0.2) is 27.9 Å². The van der Waals surface area contributed by atoms with E-state index in [4.69, 9.17) is 5.73 Å². The Hall–Kier alpha value is -1.58. The van der Waals surface area contributed by atoms with Gasteiger partial charge >= 0.3 is 0 Å².